The fraction of sp³-hybridized carbons (Fsp3) is 0.529. The molecule has 1 aromatic rings. The lowest BCUT2D eigenvalue weighted by atomic mass is 9.83. The van der Waals surface area contributed by atoms with Crippen molar-refractivity contribution in [3.05, 3.63) is 34.9 Å². The molecule has 2 rings (SSSR count). The van der Waals surface area contributed by atoms with Crippen LogP contribution in [0.3, 0.4) is 0 Å². The van der Waals surface area contributed by atoms with Crippen LogP contribution in [0, 0.1) is 11.3 Å². The number of amides is 1. The van der Waals surface area contributed by atoms with Crippen molar-refractivity contribution in [2.75, 3.05) is 13.6 Å². The smallest absolute Gasteiger partial charge is 0.235 e. The van der Waals surface area contributed by atoms with Crippen LogP contribution in [0.15, 0.2) is 24.3 Å². The molecule has 0 radical (unpaired) electrons. The van der Waals surface area contributed by atoms with Crippen LogP contribution in [-0.4, -0.2) is 29.9 Å². The minimum atomic E-state index is -0.656. The summed E-state index contributed by atoms with van der Waals surface area (Å²) in [5, 5.41) is 13.0. The maximum atomic E-state index is 12.2. The Balaban J connectivity index is 1.85. The van der Waals surface area contributed by atoms with E-state index in [-0.39, 0.29) is 12.5 Å². The molecule has 0 bridgehead atoms. The van der Waals surface area contributed by atoms with Crippen LogP contribution < -0.4 is 5.32 Å². The van der Waals surface area contributed by atoms with Crippen LogP contribution in [0.5, 0.6) is 0 Å². The molecule has 1 fully saturated rings. The molecule has 1 aliphatic rings. The zero-order valence-corrected chi connectivity index (χ0v) is 13.7. The summed E-state index contributed by atoms with van der Waals surface area (Å²) >= 11 is 5.86. The van der Waals surface area contributed by atoms with E-state index in [0.29, 0.717) is 11.6 Å². The van der Waals surface area contributed by atoms with Gasteiger partial charge in [0.1, 0.15) is 5.54 Å². The first kappa shape index (κ1) is 16.8. The number of rotatable bonds is 5. The molecule has 1 aliphatic carbocycles. The Morgan fingerprint density at radius 2 is 1.95 bits per heavy atom. The molecule has 0 unspecified atom stereocenters. The molecule has 22 heavy (non-hydrogen) atoms. The second kappa shape index (κ2) is 7.62. The number of carbonyl (C=O) groups excluding carboxylic acids is 1. The maximum Gasteiger partial charge on any atom is 0.235 e. The number of hydrogen-bond acceptors (Lipinski definition) is 3. The van der Waals surface area contributed by atoms with Gasteiger partial charge in [0.15, 0.2) is 0 Å². The highest BCUT2D eigenvalue weighted by atomic mass is 35.5. The Bertz CT molecular complexity index is 544. The third kappa shape index (κ3) is 4.72. The Morgan fingerprint density at radius 1 is 1.32 bits per heavy atom. The van der Waals surface area contributed by atoms with Crippen molar-refractivity contribution in [3.8, 4) is 6.07 Å². The van der Waals surface area contributed by atoms with Gasteiger partial charge >= 0.3 is 0 Å². The monoisotopic (exact) mass is 319 g/mol. The molecule has 1 aromatic carbocycles. The predicted octanol–water partition coefficient (Wildman–Crippen LogP) is 3.11. The van der Waals surface area contributed by atoms with E-state index in [1.54, 1.807) is 0 Å². The maximum absolute atomic E-state index is 12.2. The van der Waals surface area contributed by atoms with Crippen LogP contribution in [-0.2, 0) is 11.3 Å². The number of hydrogen-bond donors (Lipinski definition) is 1. The SMILES string of the molecule is CN(CC(=O)NC1(C#N)CCCCC1)Cc1ccc(Cl)cc1. The second-order valence-electron chi connectivity index (χ2n) is 6.10. The van der Waals surface area contributed by atoms with Gasteiger partial charge in [-0.3, -0.25) is 9.69 Å². The predicted molar refractivity (Wildman–Crippen MR) is 87.4 cm³/mol. The van der Waals surface area contributed by atoms with Crippen molar-refractivity contribution < 1.29 is 4.79 Å². The van der Waals surface area contributed by atoms with Gasteiger partial charge in [-0.2, -0.15) is 5.26 Å². The first-order chi connectivity index (χ1) is 10.5. The highest BCUT2D eigenvalue weighted by molar-refractivity contribution is 6.30. The summed E-state index contributed by atoms with van der Waals surface area (Å²) in [5.41, 5.74) is 0.448. The zero-order valence-electron chi connectivity index (χ0n) is 12.9. The quantitative estimate of drug-likeness (QED) is 0.907. The molecule has 4 nitrogen and oxygen atoms in total. The van der Waals surface area contributed by atoms with E-state index in [4.69, 9.17) is 11.6 Å². The van der Waals surface area contributed by atoms with Gasteiger partial charge in [-0.25, -0.2) is 0 Å². The van der Waals surface area contributed by atoms with Crippen LogP contribution in [0.25, 0.3) is 0 Å². The van der Waals surface area contributed by atoms with Crippen molar-refractivity contribution in [2.24, 2.45) is 0 Å². The summed E-state index contributed by atoms with van der Waals surface area (Å²) < 4.78 is 0. The van der Waals surface area contributed by atoms with Crippen molar-refractivity contribution in [1.82, 2.24) is 10.2 Å². The number of benzene rings is 1. The first-order valence-electron chi connectivity index (χ1n) is 7.68. The van der Waals surface area contributed by atoms with Crippen molar-refractivity contribution in [1.29, 1.82) is 5.26 Å². The molecule has 0 atom stereocenters. The molecule has 5 heteroatoms. The van der Waals surface area contributed by atoms with Gasteiger partial charge in [0.05, 0.1) is 12.6 Å². The summed E-state index contributed by atoms with van der Waals surface area (Å²) in [7, 11) is 1.90. The standard InChI is InChI=1S/C17H22ClN3O/c1-21(11-14-5-7-15(18)8-6-14)12-16(22)20-17(13-19)9-3-2-4-10-17/h5-8H,2-4,9-12H2,1H3,(H,20,22). The van der Waals surface area contributed by atoms with Gasteiger partial charge in [0.2, 0.25) is 5.91 Å². The van der Waals surface area contributed by atoms with Gasteiger partial charge < -0.3 is 5.32 Å². The van der Waals surface area contributed by atoms with Crippen LogP contribution in [0.4, 0.5) is 0 Å². The fourth-order valence-electron chi connectivity index (χ4n) is 2.93. The lowest BCUT2D eigenvalue weighted by Gasteiger charge is -2.32. The van der Waals surface area contributed by atoms with E-state index in [9.17, 15) is 10.1 Å². The summed E-state index contributed by atoms with van der Waals surface area (Å²) in [4.78, 5) is 14.1. The Hall–Kier alpha value is -1.57. The molecule has 0 aliphatic heterocycles. The number of halogens is 1. The first-order valence-corrected chi connectivity index (χ1v) is 8.06. The average Bonchev–Trinajstić information content (AvgIpc) is 2.50. The second-order valence-corrected chi connectivity index (χ2v) is 6.54. The van der Waals surface area contributed by atoms with E-state index in [1.165, 1.54) is 0 Å². The van der Waals surface area contributed by atoms with Crippen LogP contribution in [0.1, 0.15) is 37.7 Å². The minimum absolute atomic E-state index is 0.0834. The van der Waals surface area contributed by atoms with Crippen molar-refractivity contribution in [3.63, 3.8) is 0 Å². The highest BCUT2D eigenvalue weighted by Crippen LogP contribution is 2.27. The third-order valence-electron chi connectivity index (χ3n) is 4.08. The summed E-state index contributed by atoms with van der Waals surface area (Å²) in [6.07, 6.45) is 4.69. The molecule has 0 heterocycles. The Morgan fingerprint density at radius 3 is 2.55 bits per heavy atom. The number of nitrogens with one attached hydrogen (secondary N) is 1. The summed E-state index contributed by atoms with van der Waals surface area (Å²) in [5.74, 6) is -0.0834. The third-order valence-corrected chi connectivity index (χ3v) is 4.33. The number of nitriles is 1. The zero-order chi connectivity index (χ0) is 16.0. The Kier molecular flexibility index (Phi) is 5.82. The van der Waals surface area contributed by atoms with Gasteiger partial charge in [-0.05, 0) is 37.6 Å². The van der Waals surface area contributed by atoms with E-state index in [0.717, 1.165) is 37.7 Å². The molecule has 1 amide bonds. The molecule has 1 N–H and O–H groups in total. The van der Waals surface area contributed by atoms with Crippen LogP contribution >= 0.6 is 11.6 Å². The molecule has 1 saturated carbocycles. The van der Waals surface area contributed by atoms with Gasteiger partial charge in [-0.15, -0.1) is 0 Å². The molecule has 0 spiro atoms. The van der Waals surface area contributed by atoms with Crippen LogP contribution in [0.2, 0.25) is 5.02 Å². The minimum Gasteiger partial charge on any atom is -0.337 e. The lowest BCUT2D eigenvalue weighted by molar-refractivity contribution is -0.123. The summed E-state index contributed by atoms with van der Waals surface area (Å²) in [6, 6.07) is 9.91. The largest absolute Gasteiger partial charge is 0.337 e. The molecular formula is C17H22ClN3O. The average molecular weight is 320 g/mol. The molecular weight excluding hydrogens is 298 g/mol. The Labute approximate surface area is 137 Å². The van der Waals surface area contributed by atoms with Crippen molar-refractivity contribution >= 4 is 17.5 Å². The van der Waals surface area contributed by atoms with Gasteiger partial charge in [0.25, 0.3) is 0 Å². The van der Waals surface area contributed by atoms with E-state index >= 15 is 0 Å². The molecule has 0 saturated heterocycles. The van der Waals surface area contributed by atoms with Gasteiger partial charge in [-0.1, -0.05) is 43.0 Å². The van der Waals surface area contributed by atoms with Gasteiger partial charge in [0, 0.05) is 11.6 Å². The normalized spacial score (nSPS) is 17.0. The van der Waals surface area contributed by atoms with E-state index in [1.807, 2.05) is 36.2 Å². The number of carbonyl (C=O) groups is 1. The highest BCUT2D eigenvalue weighted by Gasteiger charge is 2.33. The van der Waals surface area contributed by atoms with E-state index < -0.39 is 5.54 Å². The van der Waals surface area contributed by atoms with E-state index in [2.05, 4.69) is 11.4 Å². The topological polar surface area (TPSA) is 56.1 Å². The number of nitrogens with zero attached hydrogens (tertiary/aromatic N) is 2. The number of likely N-dealkylation sites (N-methyl/N-ethyl adjacent to an activating group) is 1. The fourth-order valence-corrected chi connectivity index (χ4v) is 3.06. The summed E-state index contributed by atoms with van der Waals surface area (Å²) in [6.45, 7) is 0.955. The molecule has 0 aromatic heterocycles. The lowest BCUT2D eigenvalue weighted by Crippen LogP contribution is -2.51. The molecule has 118 valence electrons. The van der Waals surface area contributed by atoms with Crippen molar-refractivity contribution in [2.45, 2.75) is 44.2 Å².